The van der Waals surface area contributed by atoms with E-state index in [4.69, 9.17) is 9.47 Å². The highest BCUT2D eigenvalue weighted by molar-refractivity contribution is 7.98. The molecule has 0 radical (unpaired) electrons. The lowest BCUT2D eigenvalue weighted by molar-refractivity contribution is -0.145. The third-order valence-corrected chi connectivity index (χ3v) is 4.17. The van der Waals surface area contributed by atoms with Crippen LogP contribution in [0.4, 0.5) is 0 Å². The van der Waals surface area contributed by atoms with E-state index in [0.717, 1.165) is 5.75 Å². The standard InChI is InChI=1S/C18H27NO4S/c1-18(2,3)13-6-8-14(9-7-13)23-12-16(20)19-15(10-11-24-5)17(21)22-4/h6-9,15H,10-12H2,1-5H3,(H,19,20)/t15-/m1/s1. The summed E-state index contributed by atoms with van der Waals surface area (Å²) in [7, 11) is 1.31. The highest BCUT2D eigenvalue weighted by Crippen LogP contribution is 2.24. The summed E-state index contributed by atoms with van der Waals surface area (Å²) in [4.78, 5) is 23.7. The average Bonchev–Trinajstić information content (AvgIpc) is 2.55. The lowest BCUT2D eigenvalue weighted by Gasteiger charge is -2.19. The maximum absolute atomic E-state index is 12.0. The molecule has 0 aliphatic carbocycles. The van der Waals surface area contributed by atoms with Crippen LogP contribution in [-0.2, 0) is 19.7 Å². The summed E-state index contributed by atoms with van der Waals surface area (Å²) in [5.74, 6) is 0.602. The number of hydrogen-bond acceptors (Lipinski definition) is 5. The van der Waals surface area contributed by atoms with Crippen molar-refractivity contribution in [3.8, 4) is 5.75 Å². The Morgan fingerprint density at radius 2 is 1.83 bits per heavy atom. The van der Waals surface area contributed by atoms with Crippen LogP contribution in [-0.4, -0.2) is 43.6 Å². The van der Waals surface area contributed by atoms with Crippen molar-refractivity contribution in [3.05, 3.63) is 29.8 Å². The topological polar surface area (TPSA) is 64.6 Å². The van der Waals surface area contributed by atoms with E-state index in [0.29, 0.717) is 12.2 Å². The lowest BCUT2D eigenvalue weighted by atomic mass is 9.87. The van der Waals surface area contributed by atoms with Crippen LogP contribution < -0.4 is 10.1 Å². The van der Waals surface area contributed by atoms with Gasteiger partial charge in [0, 0.05) is 0 Å². The number of benzene rings is 1. The first-order chi connectivity index (χ1) is 11.3. The molecule has 0 aliphatic heterocycles. The molecule has 0 saturated heterocycles. The first-order valence-electron chi connectivity index (χ1n) is 7.87. The average molecular weight is 353 g/mol. The fourth-order valence-corrected chi connectivity index (χ4v) is 2.53. The molecule has 0 unspecified atom stereocenters. The van der Waals surface area contributed by atoms with E-state index in [2.05, 4.69) is 26.1 Å². The van der Waals surface area contributed by atoms with Gasteiger partial charge in [-0.05, 0) is 41.5 Å². The molecule has 1 N–H and O–H groups in total. The molecular weight excluding hydrogens is 326 g/mol. The van der Waals surface area contributed by atoms with Gasteiger partial charge in [0.25, 0.3) is 5.91 Å². The van der Waals surface area contributed by atoms with Crippen LogP contribution >= 0.6 is 11.8 Å². The maximum Gasteiger partial charge on any atom is 0.328 e. The van der Waals surface area contributed by atoms with Crippen molar-refractivity contribution in [2.75, 3.05) is 25.7 Å². The molecule has 0 aliphatic rings. The van der Waals surface area contributed by atoms with E-state index in [1.807, 2.05) is 30.5 Å². The van der Waals surface area contributed by atoms with Crippen LogP contribution in [0.25, 0.3) is 0 Å². The minimum absolute atomic E-state index is 0.0704. The Balaban J connectivity index is 2.53. The summed E-state index contributed by atoms with van der Waals surface area (Å²) in [6.45, 7) is 6.27. The van der Waals surface area contributed by atoms with Gasteiger partial charge in [-0.2, -0.15) is 11.8 Å². The van der Waals surface area contributed by atoms with Gasteiger partial charge in [0.05, 0.1) is 7.11 Å². The second-order valence-corrected chi connectivity index (χ2v) is 7.47. The van der Waals surface area contributed by atoms with E-state index >= 15 is 0 Å². The fraction of sp³-hybridized carbons (Fsp3) is 0.556. The Morgan fingerprint density at radius 3 is 2.33 bits per heavy atom. The van der Waals surface area contributed by atoms with Crippen LogP contribution in [0.2, 0.25) is 0 Å². The smallest absolute Gasteiger partial charge is 0.328 e. The Labute approximate surface area is 148 Å². The molecule has 1 aromatic carbocycles. The molecule has 1 aromatic rings. The molecule has 1 amide bonds. The zero-order valence-corrected chi connectivity index (χ0v) is 15.9. The molecule has 0 heterocycles. The van der Waals surface area contributed by atoms with E-state index in [-0.39, 0.29) is 17.9 Å². The number of carbonyl (C=O) groups is 2. The summed E-state index contributed by atoms with van der Waals surface area (Å²) >= 11 is 1.61. The SMILES string of the molecule is COC(=O)[C@@H](CCSC)NC(=O)COc1ccc(C(C)(C)C)cc1. The molecule has 1 atom stereocenters. The van der Waals surface area contributed by atoms with E-state index < -0.39 is 12.0 Å². The zero-order valence-electron chi connectivity index (χ0n) is 15.0. The van der Waals surface area contributed by atoms with Gasteiger partial charge in [-0.1, -0.05) is 32.9 Å². The second kappa shape index (κ2) is 9.57. The summed E-state index contributed by atoms with van der Waals surface area (Å²) in [5, 5.41) is 2.66. The predicted octanol–water partition coefficient (Wildman–Crippen LogP) is 2.77. The fourth-order valence-electron chi connectivity index (χ4n) is 2.06. The Kier molecular flexibility index (Phi) is 8.11. The summed E-state index contributed by atoms with van der Waals surface area (Å²) in [5.41, 5.74) is 1.27. The quantitative estimate of drug-likeness (QED) is 0.728. The van der Waals surface area contributed by atoms with Gasteiger partial charge in [0.2, 0.25) is 0 Å². The zero-order chi connectivity index (χ0) is 18.2. The first kappa shape index (κ1) is 20.4. The van der Waals surface area contributed by atoms with Gasteiger partial charge >= 0.3 is 5.97 Å². The molecule has 0 bridgehead atoms. The molecule has 0 aromatic heterocycles. The minimum atomic E-state index is -0.637. The minimum Gasteiger partial charge on any atom is -0.484 e. The Bertz CT molecular complexity index is 537. The summed E-state index contributed by atoms with van der Waals surface area (Å²) < 4.78 is 10.2. The van der Waals surface area contributed by atoms with Crippen LogP contribution in [0.15, 0.2) is 24.3 Å². The van der Waals surface area contributed by atoms with Gasteiger partial charge in [-0.15, -0.1) is 0 Å². The molecule has 0 fully saturated rings. The van der Waals surface area contributed by atoms with Crippen molar-refractivity contribution in [3.63, 3.8) is 0 Å². The van der Waals surface area contributed by atoms with Gasteiger partial charge in [-0.25, -0.2) is 4.79 Å². The number of methoxy groups -OCH3 is 1. The van der Waals surface area contributed by atoms with Crippen molar-refractivity contribution in [1.29, 1.82) is 0 Å². The van der Waals surface area contributed by atoms with Crippen molar-refractivity contribution >= 4 is 23.6 Å². The van der Waals surface area contributed by atoms with E-state index in [1.165, 1.54) is 12.7 Å². The summed E-state index contributed by atoms with van der Waals surface area (Å²) in [6, 6.07) is 7.03. The van der Waals surface area contributed by atoms with Crippen LogP contribution in [0, 0.1) is 0 Å². The first-order valence-corrected chi connectivity index (χ1v) is 9.26. The largest absolute Gasteiger partial charge is 0.484 e. The molecular formula is C18H27NO4S. The van der Waals surface area contributed by atoms with Crippen LogP contribution in [0.3, 0.4) is 0 Å². The van der Waals surface area contributed by atoms with Gasteiger partial charge in [-0.3, -0.25) is 4.79 Å². The van der Waals surface area contributed by atoms with E-state index in [9.17, 15) is 9.59 Å². The highest BCUT2D eigenvalue weighted by Gasteiger charge is 2.21. The molecule has 134 valence electrons. The summed E-state index contributed by atoms with van der Waals surface area (Å²) in [6.07, 6.45) is 2.47. The third kappa shape index (κ3) is 6.83. The van der Waals surface area contributed by atoms with Crippen molar-refractivity contribution in [2.24, 2.45) is 0 Å². The number of amides is 1. The number of carbonyl (C=O) groups excluding carboxylic acids is 2. The van der Waals surface area contributed by atoms with Crippen LogP contribution in [0.5, 0.6) is 5.75 Å². The third-order valence-electron chi connectivity index (χ3n) is 3.52. The number of esters is 1. The number of thioether (sulfide) groups is 1. The van der Waals surface area contributed by atoms with Gasteiger partial charge in [0.15, 0.2) is 6.61 Å². The van der Waals surface area contributed by atoms with Gasteiger partial charge < -0.3 is 14.8 Å². The maximum atomic E-state index is 12.0. The van der Waals surface area contributed by atoms with Crippen molar-refractivity contribution in [2.45, 2.75) is 38.6 Å². The molecule has 0 spiro atoms. The molecule has 5 nitrogen and oxygen atoms in total. The monoisotopic (exact) mass is 353 g/mol. The predicted molar refractivity (Wildman–Crippen MR) is 97.6 cm³/mol. The molecule has 24 heavy (non-hydrogen) atoms. The lowest BCUT2D eigenvalue weighted by Crippen LogP contribution is -2.43. The number of nitrogens with one attached hydrogen (secondary N) is 1. The van der Waals surface area contributed by atoms with Gasteiger partial charge in [0.1, 0.15) is 11.8 Å². The number of rotatable bonds is 8. The Morgan fingerprint density at radius 1 is 1.21 bits per heavy atom. The molecule has 0 saturated carbocycles. The number of hydrogen-bond donors (Lipinski definition) is 1. The second-order valence-electron chi connectivity index (χ2n) is 6.49. The molecule has 6 heteroatoms. The normalized spacial score (nSPS) is 12.4. The van der Waals surface area contributed by atoms with E-state index in [1.54, 1.807) is 11.8 Å². The van der Waals surface area contributed by atoms with Crippen molar-refractivity contribution in [1.82, 2.24) is 5.32 Å². The molecule has 1 rings (SSSR count). The van der Waals surface area contributed by atoms with Crippen molar-refractivity contribution < 1.29 is 19.1 Å². The highest BCUT2D eigenvalue weighted by atomic mass is 32.2. The Hall–Kier alpha value is -1.69. The number of ether oxygens (including phenoxy) is 2. The van der Waals surface area contributed by atoms with Crippen LogP contribution in [0.1, 0.15) is 32.8 Å².